The molecule has 0 saturated carbocycles. The van der Waals surface area contributed by atoms with Gasteiger partial charge < -0.3 is 64.3 Å². The predicted molar refractivity (Wildman–Crippen MR) is 199 cm³/mol. The number of ether oxygens (including phenoxy) is 6. The van der Waals surface area contributed by atoms with E-state index in [2.05, 4.69) is 11.1 Å². The van der Waals surface area contributed by atoms with E-state index < -0.39 is 121 Å². The summed E-state index contributed by atoms with van der Waals surface area (Å²) >= 11 is 0. The van der Waals surface area contributed by atoms with Crippen molar-refractivity contribution >= 4 is 11.7 Å². The molecule has 16 heteroatoms. The number of nitrogens with zero attached hydrogens (tertiary/aromatic N) is 2. The number of cyclic esters (lactones) is 1. The summed E-state index contributed by atoms with van der Waals surface area (Å²) in [6.07, 6.45) is -5.83. The number of hydrogen-bond donors (Lipinski definition) is 7. The van der Waals surface area contributed by atoms with Gasteiger partial charge in [0.2, 0.25) is 0 Å². The second kappa shape index (κ2) is 19.2. The molecular formula is C39H68N2O14. The molecule has 3 aliphatic heterocycles. The number of likely N-dealkylation sites (N-methyl/N-ethyl adjacent to an activating group) is 1. The van der Waals surface area contributed by atoms with Gasteiger partial charge in [-0.25, -0.2) is 0 Å². The monoisotopic (exact) mass is 788 g/mol. The van der Waals surface area contributed by atoms with Crippen LogP contribution in [0.2, 0.25) is 0 Å². The summed E-state index contributed by atoms with van der Waals surface area (Å²) in [5.41, 5.74) is -3.22. The maximum absolute atomic E-state index is 14.1. The number of oxime groups is 1. The van der Waals surface area contributed by atoms with Crippen LogP contribution in [0.3, 0.4) is 0 Å². The summed E-state index contributed by atoms with van der Waals surface area (Å²) in [5.74, 6) is -5.34. The second-order valence-electron chi connectivity index (χ2n) is 16.6. The lowest BCUT2D eigenvalue weighted by molar-refractivity contribution is -0.345. The van der Waals surface area contributed by atoms with Crippen LogP contribution >= 0.6 is 0 Å². The van der Waals surface area contributed by atoms with Crippen LogP contribution in [0.25, 0.3) is 0 Å². The standard InChI is InChI=1S/C39H68N2O14/c1-13-15-16-41(11)26-17-21(4)51-36(30(26)42)55-34-23(6)31(54-28-19-37(9,50-12)33(44)25(8)52-28)24(7)35(45)53-27(14-2)38(10,46)32(43)22(5)29(40-49)20(3)18-39(34,47)48/h1,20-28,30-34,36,42-44,46-49H,14-19H2,2-12H3/b40-29+/t20-,21-,22+,23+,24-,25+,26+,27-,28?,30+,31+,32-,33+,34-,36?,37-,38-/m1/s1. The van der Waals surface area contributed by atoms with Gasteiger partial charge in [-0.15, -0.1) is 12.3 Å². The van der Waals surface area contributed by atoms with Crippen LogP contribution in [-0.4, -0.2) is 158 Å². The zero-order valence-corrected chi connectivity index (χ0v) is 34.4. The van der Waals surface area contributed by atoms with Crippen LogP contribution < -0.4 is 0 Å². The number of aliphatic hydroxyl groups is 6. The largest absolute Gasteiger partial charge is 0.459 e. The van der Waals surface area contributed by atoms with Crippen LogP contribution in [0.1, 0.15) is 94.4 Å². The Hall–Kier alpha value is -1.98. The summed E-state index contributed by atoms with van der Waals surface area (Å²) in [6, 6.07) is -0.480. The van der Waals surface area contributed by atoms with Crippen molar-refractivity contribution in [2.24, 2.45) is 28.8 Å². The first-order valence-corrected chi connectivity index (χ1v) is 19.4. The zero-order valence-electron chi connectivity index (χ0n) is 34.4. The van der Waals surface area contributed by atoms with Crippen molar-refractivity contribution in [3.63, 3.8) is 0 Å². The number of carbonyl (C=O) groups excluding carboxylic acids is 1. The third-order valence-electron chi connectivity index (χ3n) is 12.2. The highest BCUT2D eigenvalue weighted by Gasteiger charge is 2.54. The molecule has 3 heterocycles. The number of terminal acetylenes is 1. The Balaban J connectivity index is 2.21. The topological polar surface area (TPSA) is 230 Å². The van der Waals surface area contributed by atoms with Gasteiger partial charge in [0.05, 0.1) is 41.6 Å². The Morgan fingerprint density at radius 1 is 0.982 bits per heavy atom. The van der Waals surface area contributed by atoms with Gasteiger partial charge in [-0.05, 0) is 54.5 Å². The number of rotatable bonds is 9. The Labute approximate surface area is 326 Å². The summed E-state index contributed by atoms with van der Waals surface area (Å²) in [6.45, 7) is 14.8. The lowest BCUT2D eigenvalue weighted by atomic mass is 9.76. The molecule has 0 aromatic carbocycles. The molecule has 0 aromatic heterocycles. The molecular weight excluding hydrogens is 720 g/mol. The molecule has 0 aromatic rings. The molecule has 3 saturated heterocycles. The van der Waals surface area contributed by atoms with Gasteiger partial charge in [0, 0.05) is 56.7 Å². The molecule has 17 atom stereocenters. The number of hydrogen-bond acceptors (Lipinski definition) is 16. The molecule has 0 spiro atoms. The molecule has 16 nitrogen and oxygen atoms in total. The second-order valence-corrected chi connectivity index (χ2v) is 16.6. The van der Waals surface area contributed by atoms with Gasteiger partial charge in [-0.2, -0.15) is 0 Å². The van der Waals surface area contributed by atoms with Gasteiger partial charge in [0.15, 0.2) is 18.4 Å². The van der Waals surface area contributed by atoms with E-state index in [1.807, 2.05) is 11.9 Å². The van der Waals surface area contributed by atoms with Crippen LogP contribution in [-0.2, 0) is 33.2 Å². The molecule has 2 unspecified atom stereocenters. The van der Waals surface area contributed by atoms with E-state index in [9.17, 15) is 40.6 Å². The first-order valence-electron chi connectivity index (χ1n) is 19.4. The first kappa shape index (κ1) is 47.4. The van der Waals surface area contributed by atoms with Gasteiger partial charge >= 0.3 is 5.97 Å². The van der Waals surface area contributed by atoms with E-state index in [0.29, 0.717) is 19.4 Å². The quantitative estimate of drug-likeness (QED) is 0.0576. The van der Waals surface area contributed by atoms with Crippen LogP contribution in [0.15, 0.2) is 5.16 Å². The lowest BCUT2D eigenvalue weighted by Gasteiger charge is -2.48. The number of carbonyl (C=O) groups is 1. The Bertz CT molecular complexity index is 1330. The fourth-order valence-electron chi connectivity index (χ4n) is 8.59. The Kier molecular flexibility index (Phi) is 16.5. The van der Waals surface area contributed by atoms with Gasteiger partial charge in [-0.1, -0.05) is 32.9 Å². The fourth-order valence-corrected chi connectivity index (χ4v) is 8.59. The van der Waals surface area contributed by atoms with Crippen LogP contribution in [0, 0.1) is 36.0 Å². The van der Waals surface area contributed by atoms with Crippen LogP contribution in [0.4, 0.5) is 0 Å². The van der Waals surface area contributed by atoms with E-state index in [4.69, 9.17) is 34.8 Å². The third kappa shape index (κ3) is 10.6. The van der Waals surface area contributed by atoms with Gasteiger partial charge in [0.1, 0.15) is 30.0 Å². The molecule has 0 radical (unpaired) electrons. The summed E-state index contributed by atoms with van der Waals surface area (Å²) in [5, 5.41) is 83.6. The van der Waals surface area contributed by atoms with Crippen molar-refractivity contribution in [2.45, 2.75) is 179 Å². The van der Waals surface area contributed by atoms with E-state index >= 15 is 0 Å². The van der Waals surface area contributed by atoms with Crippen molar-refractivity contribution in [1.82, 2.24) is 4.90 Å². The molecule has 0 bridgehead atoms. The van der Waals surface area contributed by atoms with Crippen LogP contribution in [0.5, 0.6) is 0 Å². The fraction of sp³-hybridized carbons (Fsp3) is 0.897. The Morgan fingerprint density at radius 3 is 2.18 bits per heavy atom. The maximum atomic E-state index is 14.1. The predicted octanol–water partition coefficient (Wildman–Crippen LogP) is 1.37. The van der Waals surface area contributed by atoms with Crippen molar-refractivity contribution in [3.8, 4) is 12.3 Å². The SMILES string of the molecule is C#CCCN(C)[C@H]1C[C@@H](C)OC(O[C@@H]2[C@@H](C)[C@H](OC3C[C@@](C)(OC)[C@@H](O)[C@H](C)O3)[C@@H](C)C(=O)O[C@H](CC)[C@@](C)(O)[C@H](O)[C@@H](C)/C(=N/O)[C@H](C)CC2(O)O)[C@H]1O. The highest BCUT2D eigenvalue weighted by Crippen LogP contribution is 2.40. The zero-order chi connectivity index (χ0) is 41.8. The van der Waals surface area contributed by atoms with Crippen molar-refractivity contribution in [2.75, 3.05) is 20.7 Å². The first-order chi connectivity index (χ1) is 25.5. The molecule has 0 amide bonds. The van der Waals surface area contributed by atoms with Crippen molar-refractivity contribution in [3.05, 3.63) is 0 Å². The van der Waals surface area contributed by atoms with E-state index in [-0.39, 0.29) is 18.6 Å². The summed E-state index contributed by atoms with van der Waals surface area (Å²) in [4.78, 5) is 16.0. The number of methoxy groups -OCH3 is 1. The van der Waals surface area contributed by atoms with E-state index in [1.54, 1.807) is 41.5 Å². The highest BCUT2D eigenvalue weighted by atomic mass is 16.7. The minimum atomic E-state index is -2.80. The average Bonchev–Trinajstić information content (AvgIpc) is 3.12. The molecule has 3 fully saturated rings. The molecule has 7 N–H and O–H groups in total. The number of aliphatic hydroxyl groups excluding tert-OH is 3. The molecule has 3 rings (SSSR count). The molecule has 0 aliphatic carbocycles. The van der Waals surface area contributed by atoms with E-state index in [0.717, 1.165) is 0 Å². The smallest absolute Gasteiger partial charge is 0.311 e. The average molecular weight is 789 g/mol. The Morgan fingerprint density at radius 2 is 1.62 bits per heavy atom. The molecule has 3 aliphatic rings. The maximum Gasteiger partial charge on any atom is 0.311 e. The lowest BCUT2D eigenvalue weighted by Crippen LogP contribution is -2.62. The summed E-state index contributed by atoms with van der Waals surface area (Å²) < 4.78 is 36.8. The molecule has 55 heavy (non-hydrogen) atoms. The van der Waals surface area contributed by atoms with Crippen molar-refractivity contribution < 1.29 is 69.1 Å². The number of esters is 1. The van der Waals surface area contributed by atoms with Gasteiger partial charge in [-0.3, -0.25) is 9.69 Å². The minimum Gasteiger partial charge on any atom is -0.459 e. The molecule has 318 valence electrons. The van der Waals surface area contributed by atoms with Gasteiger partial charge in [0.25, 0.3) is 0 Å². The minimum absolute atomic E-state index is 0.0201. The van der Waals surface area contributed by atoms with Crippen molar-refractivity contribution in [1.29, 1.82) is 0 Å². The normalized spacial score (nSPS) is 45.8. The highest BCUT2D eigenvalue weighted by molar-refractivity contribution is 5.88. The van der Waals surface area contributed by atoms with E-state index in [1.165, 1.54) is 27.9 Å². The third-order valence-corrected chi connectivity index (χ3v) is 12.2. The summed E-state index contributed by atoms with van der Waals surface area (Å²) in [7, 11) is 3.26.